The number of phenols is 1. The van der Waals surface area contributed by atoms with Gasteiger partial charge in [0, 0.05) is 12.6 Å². The van der Waals surface area contributed by atoms with Gasteiger partial charge in [0.05, 0.1) is 5.60 Å². The molecule has 0 amide bonds. The lowest BCUT2D eigenvalue weighted by molar-refractivity contribution is 0.0364. The molecule has 19 heavy (non-hydrogen) atoms. The monoisotopic (exact) mass is 265 g/mol. The SMILES string of the molecule is CC(C)CC(C)(O)CNC(C)Cc1ccc(O)cc1. The molecule has 0 bridgehead atoms. The third kappa shape index (κ3) is 6.60. The van der Waals surface area contributed by atoms with Crippen LogP contribution in [0, 0.1) is 5.92 Å². The molecule has 0 radical (unpaired) electrons. The van der Waals surface area contributed by atoms with E-state index >= 15 is 0 Å². The molecule has 1 aromatic carbocycles. The van der Waals surface area contributed by atoms with Crippen LogP contribution in [0.2, 0.25) is 0 Å². The van der Waals surface area contributed by atoms with E-state index in [4.69, 9.17) is 0 Å². The number of hydrogen-bond donors (Lipinski definition) is 3. The average molecular weight is 265 g/mol. The van der Waals surface area contributed by atoms with Crippen molar-refractivity contribution in [3.05, 3.63) is 29.8 Å². The maximum Gasteiger partial charge on any atom is 0.115 e. The van der Waals surface area contributed by atoms with E-state index in [9.17, 15) is 10.2 Å². The van der Waals surface area contributed by atoms with Gasteiger partial charge in [-0.2, -0.15) is 0 Å². The van der Waals surface area contributed by atoms with Gasteiger partial charge in [-0.05, 0) is 50.3 Å². The van der Waals surface area contributed by atoms with Gasteiger partial charge in [-0.3, -0.25) is 0 Å². The zero-order chi connectivity index (χ0) is 14.5. The lowest BCUT2D eigenvalue weighted by Gasteiger charge is -2.27. The Morgan fingerprint density at radius 3 is 2.26 bits per heavy atom. The highest BCUT2D eigenvalue weighted by atomic mass is 16.3. The van der Waals surface area contributed by atoms with Crippen molar-refractivity contribution < 1.29 is 10.2 Å². The molecular formula is C16H27NO2. The highest BCUT2D eigenvalue weighted by molar-refractivity contribution is 5.26. The van der Waals surface area contributed by atoms with Crippen LogP contribution in [0.4, 0.5) is 0 Å². The number of aromatic hydroxyl groups is 1. The zero-order valence-corrected chi connectivity index (χ0v) is 12.5. The Labute approximate surface area is 116 Å². The molecule has 1 aromatic rings. The Morgan fingerprint density at radius 1 is 1.16 bits per heavy atom. The number of rotatable bonds is 7. The van der Waals surface area contributed by atoms with E-state index in [1.165, 1.54) is 5.56 Å². The summed E-state index contributed by atoms with van der Waals surface area (Å²) < 4.78 is 0. The summed E-state index contributed by atoms with van der Waals surface area (Å²) in [6.45, 7) is 8.83. The Balaban J connectivity index is 2.39. The Hall–Kier alpha value is -1.06. The topological polar surface area (TPSA) is 52.5 Å². The van der Waals surface area contributed by atoms with Crippen molar-refractivity contribution in [2.24, 2.45) is 5.92 Å². The minimum absolute atomic E-state index is 0.295. The van der Waals surface area contributed by atoms with E-state index in [1.807, 2.05) is 19.1 Å². The summed E-state index contributed by atoms with van der Waals surface area (Å²) in [5.41, 5.74) is 0.526. The minimum Gasteiger partial charge on any atom is -0.508 e. The normalized spacial score (nSPS) is 16.3. The van der Waals surface area contributed by atoms with E-state index in [0.717, 1.165) is 12.8 Å². The van der Waals surface area contributed by atoms with E-state index in [0.29, 0.717) is 24.3 Å². The largest absolute Gasteiger partial charge is 0.508 e. The summed E-state index contributed by atoms with van der Waals surface area (Å²) in [5, 5.41) is 22.9. The van der Waals surface area contributed by atoms with Crippen molar-refractivity contribution in [1.29, 1.82) is 0 Å². The highest BCUT2D eigenvalue weighted by Crippen LogP contribution is 2.16. The zero-order valence-electron chi connectivity index (χ0n) is 12.5. The third-order valence-electron chi connectivity index (χ3n) is 3.16. The molecule has 0 aliphatic rings. The average Bonchev–Trinajstić information content (AvgIpc) is 2.28. The molecule has 3 nitrogen and oxygen atoms in total. The molecule has 0 aliphatic carbocycles. The van der Waals surface area contributed by atoms with Gasteiger partial charge >= 0.3 is 0 Å². The first-order chi connectivity index (χ1) is 8.78. The number of aliphatic hydroxyl groups is 1. The van der Waals surface area contributed by atoms with Gasteiger partial charge in [-0.1, -0.05) is 26.0 Å². The summed E-state index contributed by atoms with van der Waals surface area (Å²) >= 11 is 0. The summed E-state index contributed by atoms with van der Waals surface area (Å²) in [7, 11) is 0. The molecule has 1 rings (SSSR count). The van der Waals surface area contributed by atoms with Crippen LogP contribution in [0.1, 0.15) is 39.7 Å². The molecular weight excluding hydrogens is 238 g/mol. The molecule has 108 valence electrons. The quantitative estimate of drug-likeness (QED) is 0.710. The van der Waals surface area contributed by atoms with Crippen molar-refractivity contribution in [3.63, 3.8) is 0 Å². The molecule has 2 atom stereocenters. The molecule has 3 heteroatoms. The van der Waals surface area contributed by atoms with Crippen molar-refractivity contribution in [3.8, 4) is 5.75 Å². The fourth-order valence-electron chi connectivity index (χ4n) is 2.40. The van der Waals surface area contributed by atoms with E-state index in [1.54, 1.807) is 12.1 Å². The summed E-state index contributed by atoms with van der Waals surface area (Å²) in [4.78, 5) is 0. The van der Waals surface area contributed by atoms with Crippen LogP contribution in [0.15, 0.2) is 24.3 Å². The van der Waals surface area contributed by atoms with Crippen LogP contribution < -0.4 is 5.32 Å². The first-order valence-electron chi connectivity index (χ1n) is 7.02. The van der Waals surface area contributed by atoms with Crippen molar-refractivity contribution in [1.82, 2.24) is 5.32 Å². The fraction of sp³-hybridized carbons (Fsp3) is 0.625. The van der Waals surface area contributed by atoms with Crippen LogP contribution >= 0.6 is 0 Å². The van der Waals surface area contributed by atoms with Crippen molar-refractivity contribution in [2.75, 3.05) is 6.54 Å². The predicted octanol–water partition coefficient (Wildman–Crippen LogP) is 2.71. The maximum absolute atomic E-state index is 10.2. The van der Waals surface area contributed by atoms with Gasteiger partial charge in [0.1, 0.15) is 5.75 Å². The molecule has 0 spiro atoms. The number of benzene rings is 1. The first-order valence-corrected chi connectivity index (χ1v) is 7.02. The predicted molar refractivity (Wildman–Crippen MR) is 79.4 cm³/mol. The Morgan fingerprint density at radius 2 is 1.74 bits per heavy atom. The van der Waals surface area contributed by atoms with Gasteiger partial charge in [-0.25, -0.2) is 0 Å². The first kappa shape index (κ1) is 16.0. The van der Waals surface area contributed by atoms with Crippen LogP contribution in [0.25, 0.3) is 0 Å². The number of nitrogens with one attached hydrogen (secondary N) is 1. The van der Waals surface area contributed by atoms with Crippen LogP contribution in [-0.2, 0) is 6.42 Å². The van der Waals surface area contributed by atoms with E-state index < -0.39 is 5.60 Å². The molecule has 0 saturated carbocycles. The van der Waals surface area contributed by atoms with Crippen molar-refractivity contribution >= 4 is 0 Å². The van der Waals surface area contributed by atoms with Crippen LogP contribution in [0.3, 0.4) is 0 Å². The van der Waals surface area contributed by atoms with E-state index in [2.05, 4.69) is 26.1 Å². The number of phenolic OH excluding ortho intramolecular Hbond substituents is 1. The third-order valence-corrected chi connectivity index (χ3v) is 3.16. The Kier molecular flexibility index (Phi) is 5.83. The van der Waals surface area contributed by atoms with Gasteiger partial charge in [0.25, 0.3) is 0 Å². The standard InChI is InChI=1S/C16H27NO2/c1-12(2)10-16(4,19)11-17-13(3)9-14-5-7-15(18)8-6-14/h5-8,12-13,17-19H,9-11H2,1-4H3. The van der Waals surface area contributed by atoms with Gasteiger partial charge in [-0.15, -0.1) is 0 Å². The second-order valence-corrected chi connectivity index (χ2v) is 6.25. The molecule has 2 unspecified atom stereocenters. The second kappa shape index (κ2) is 6.92. The van der Waals surface area contributed by atoms with E-state index in [-0.39, 0.29) is 0 Å². The van der Waals surface area contributed by atoms with Gasteiger partial charge in [0.15, 0.2) is 0 Å². The molecule has 0 aromatic heterocycles. The fourth-order valence-corrected chi connectivity index (χ4v) is 2.40. The summed E-state index contributed by atoms with van der Waals surface area (Å²) in [5.74, 6) is 0.786. The smallest absolute Gasteiger partial charge is 0.115 e. The van der Waals surface area contributed by atoms with Gasteiger partial charge in [0.2, 0.25) is 0 Å². The van der Waals surface area contributed by atoms with Crippen molar-refractivity contribution in [2.45, 2.75) is 52.2 Å². The molecule has 0 saturated heterocycles. The summed E-state index contributed by atoms with van der Waals surface area (Å²) in [6, 6.07) is 7.57. The molecule has 0 heterocycles. The molecule has 0 aliphatic heterocycles. The lowest BCUT2D eigenvalue weighted by atomic mass is 9.94. The number of hydrogen-bond acceptors (Lipinski definition) is 3. The lowest BCUT2D eigenvalue weighted by Crippen LogP contribution is -2.43. The maximum atomic E-state index is 10.2. The minimum atomic E-state index is -0.655. The van der Waals surface area contributed by atoms with Crippen LogP contribution in [0.5, 0.6) is 5.75 Å². The molecule has 0 fully saturated rings. The summed E-state index contributed by atoms with van der Waals surface area (Å²) in [6.07, 6.45) is 1.68. The van der Waals surface area contributed by atoms with Crippen LogP contribution in [-0.4, -0.2) is 28.4 Å². The second-order valence-electron chi connectivity index (χ2n) is 6.25. The Bertz CT molecular complexity index is 371. The van der Waals surface area contributed by atoms with Gasteiger partial charge < -0.3 is 15.5 Å². The highest BCUT2D eigenvalue weighted by Gasteiger charge is 2.22. The molecule has 3 N–H and O–H groups in total.